The van der Waals surface area contributed by atoms with Crippen molar-refractivity contribution in [3.63, 3.8) is 0 Å². The van der Waals surface area contributed by atoms with Gasteiger partial charge in [-0.2, -0.15) is 5.26 Å². The maximum atomic E-state index is 9.35. The lowest BCUT2D eigenvalue weighted by atomic mass is 10.0. The van der Waals surface area contributed by atoms with E-state index in [1.807, 2.05) is 13.0 Å². The number of aromatic hydroxyl groups is 1. The lowest BCUT2D eigenvalue weighted by Crippen LogP contribution is -1.88. The summed E-state index contributed by atoms with van der Waals surface area (Å²) in [5.41, 5.74) is 1.95. The second-order valence-electron chi connectivity index (χ2n) is 2.64. The minimum Gasteiger partial charge on any atom is -0.505 e. The fraction of sp³-hybridized carbons (Fsp3) is 0.222. The Morgan fingerprint density at radius 2 is 2.08 bits per heavy atom. The van der Waals surface area contributed by atoms with Gasteiger partial charge in [0.15, 0.2) is 5.75 Å². The van der Waals surface area contributed by atoms with E-state index in [4.69, 9.17) is 16.9 Å². The fourth-order valence-corrected chi connectivity index (χ4v) is 1.26. The molecule has 0 heterocycles. The minimum absolute atomic E-state index is 0.123. The van der Waals surface area contributed by atoms with Gasteiger partial charge in [0.05, 0.1) is 10.6 Å². The predicted octanol–water partition coefficient (Wildman–Crippen LogP) is 2.53. The van der Waals surface area contributed by atoms with Gasteiger partial charge in [-0.1, -0.05) is 11.6 Å². The van der Waals surface area contributed by atoms with E-state index in [-0.39, 0.29) is 16.3 Å². The largest absolute Gasteiger partial charge is 0.505 e. The van der Waals surface area contributed by atoms with Crippen molar-refractivity contribution in [2.45, 2.75) is 13.8 Å². The van der Waals surface area contributed by atoms with Gasteiger partial charge in [0, 0.05) is 0 Å². The molecule has 3 heteroatoms. The maximum absolute atomic E-state index is 9.35. The Bertz CT molecular complexity index is 340. The monoisotopic (exact) mass is 181 g/mol. The van der Waals surface area contributed by atoms with Gasteiger partial charge in [-0.15, -0.1) is 0 Å². The summed E-state index contributed by atoms with van der Waals surface area (Å²) in [6.45, 7) is 3.63. The average molecular weight is 182 g/mol. The first-order chi connectivity index (χ1) is 5.57. The van der Waals surface area contributed by atoms with Crippen LogP contribution in [0.1, 0.15) is 16.7 Å². The van der Waals surface area contributed by atoms with Gasteiger partial charge in [0.25, 0.3) is 0 Å². The molecule has 1 N–H and O–H groups in total. The van der Waals surface area contributed by atoms with Crippen LogP contribution >= 0.6 is 11.6 Å². The van der Waals surface area contributed by atoms with E-state index < -0.39 is 0 Å². The van der Waals surface area contributed by atoms with Crippen LogP contribution in [-0.4, -0.2) is 5.11 Å². The molecule has 62 valence electrons. The van der Waals surface area contributed by atoms with E-state index in [1.54, 1.807) is 13.0 Å². The highest BCUT2D eigenvalue weighted by Gasteiger charge is 2.10. The first-order valence-electron chi connectivity index (χ1n) is 3.46. The Morgan fingerprint density at radius 3 is 2.58 bits per heavy atom. The first kappa shape index (κ1) is 8.89. The van der Waals surface area contributed by atoms with Crippen molar-refractivity contribution in [1.82, 2.24) is 0 Å². The topological polar surface area (TPSA) is 44.0 Å². The van der Waals surface area contributed by atoms with Gasteiger partial charge in [0.2, 0.25) is 0 Å². The summed E-state index contributed by atoms with van der Waals surface area (Å²) in [5, 5.41) is 18.3. The van der Waals surface area contributed by atoms with Crippen LogP contribution < -0.4 is 0 Å². The van der Waals surface area contributed by atoms with E-state index in [0.29, 0.717) is 0 Å². The number of hydrogen-bond donors (Lipinski definition) is 1. The van der Waals surface area contributed by atoms with Crippen molar-refractivity contribution in [1.29, 1.82) is 5.26 Å². The van der Waals surface area contributed by atoms with Crippen LogP contribution in [-0.2, 0) is 0 Å². The number of halogens is 1. The summed E-state index contributed by atoms with van der Waals surface area (Å²) in [5.74, 6) is -0.123. The van der Waals surface area contributed by atoms with E-state index in [1.165, 1.54) is 0 Å². The molecule has 0 atom stereocenters. The summed E-state index contributed by atoms with van der Waals surface area (Å²) in [7, 11) is 0. The molecule has 1 aromatic carbocycles. The zero-order valence-corrected chi connectivity index (χ0v) is 7.61. The number of benzene rings is 1. The number of phenolic OH excluding ortho intramolecular Hbond substituents is 1. The van der Waals surface area contributed by atoms with Crippen molar-refractivity contribution in [3.05, 3.63) is 27.8 Å². The molecule has 0 aliphatic heterocycles. The molecule has 2 nitrogen and oxygen atoms in total. The molecule has 0 saturated carbocycles. The summed E-state index contributed by atoms with van der Waals surface area (Å²) < 4.78 is 0. The van der Waals surface area contributed by atoms with Crippen LogP contribution in [0.4, 0.5) is 0 Å². The number of rotatable bonds is 0. The molecule has 0 aliphatic rings. The Labute approximate surface area is 76.0 Å². The third kappa shape index (κ3) is 1.24. The molecule has 1 aromatic rings. The standard InChI is InChI=1S/C9H8ClNO/c1-5-3-8(10)9(12)7(4-11)6(5)2/h3,12H,1-2H3. The Hall–Kier alpha value is -1.20. The number of aryl methyl sites for hydroxylation is 1. The SMILES string of the molecule is Cc1cc(Cl)c(O)c(C#N)c1C. The third-order valence-electron chi connectivity index (χ3n) is 1.88. The maximum Gasteiger partial charge on any atom is 0.152 e. The molecule has 1 rings (SSSR count). The highest BCUT2D eigenvalue weighted by molar-refractivity contribution is 6.32. The fourth-order valence-electron chi connectivity index (χ4n) is 0.998. The lowest BCUT2D eigenvalue weighted by Gasteiger charge is -2.05. The lowest BCUT2D eigenvalue weighted by molar-refractivity contribution is 0.473. The normalized spacial score (nSPS) is 9.50. The van der Waals surface area contributed by atoms with E-state index in [9.17, 15) is 5.11 Å². The molecule has 12 heavy (non-hydrogen) atoms. The highest BCUT2D eigenvalue weighted by Crippen LogP contribution is 2.31. The molecule has 0 unspecified atom stereocenters. The molecule has 0 amide bonds. The van der Waals surface area contributed by atoms with Crippen molar-refractivity contribution < 1.29 is 5.11 Å². The summed E-state index contributed by atoms with van der Waals surface area (Å²) in [4.78, 5) is 0. The van der Waals surface area contributed by atoms with E-state index in [2.05, 4.69) is 0 Å². The molecule has 0 aromatic heterocycles. The molecule has 0 spiro atoms. The summed E-state index contributed by atoms with van der Waals surface area (Å²) in [6.07, 6.45) is 0. The predicted molar refractivity (Wildman–Crippen MR) is 47.3 cm³/mol. The van der Waals surface area contributed by atoms with Crippen LogP contribution in [0.2, 0.25) is 5.02 Å². The van der Waals surface area contributed by atoms with Gasteiger partial charge in [-0.3, -0.25) is 0 Å². The van der Waals surface area contributed by atoms with Crippen molar-refractivity contribution in [2.75, 3.05) is 0 Å². The van der Waals surface area contributed by atoms with Gasteiger partial charge >= 0.3 is 0 Å². The zero-order valence-electron chi connectivity index (χ0n) is 6.85. The summed E-state index contributed by atoms with van der Waals surface area (Å²) in [6, 6.07) is 3.56. The highest BCUT2D eigenvalue weighted by atomic mass is 35.5. The van der Waals surface area contributed by atoms with Crippen molar-refractivity contribution in [3.8, 4) is 11.8 Å². The van der Waals surface area contributed by atoms with Crippen LogP contribution in [0.5, 0.6) is 5.75 Å². The van der Waals surface area contributed by atoms with Gasteiger partial charge in [-0.05, 0) is 31.0 Å². The summed E-state index contributed by atoms with van der Waals surface area (Å²) >= 11 is 5.67. The smallest absolute Gasteiger partial charge is 0.152 e. The number of hydrogen-bond acceptors (Lipinski definition) is 2. The molecular formula is C9H8ClNO. The van der Waals surface area contributed by atoms with Gasteiger partial charge in [0.1, 0.15) is 6.07 Å². The van der Waals surface area contributed by atoms with Crippen LogP contribution in [0.3, 0.4) is 0 Å². The average Bonchev–Trinajstić information content (AvgIpc) is 2.02. The van der Waals surface area contributed by atoms with Crippen LogP contribution in [0.15, 0.2) is 6.07 Å². The van der Waals surface area contributed by atoms with E-state index >= 15 is 0 Å². The molecular weight excluding hydrogens is 174 g/mol. The minimum atomic E-state index is -0.123. The van der Waals surface area contributed by atoms with E-state index in [0.717, 1.165) is 11.1 Å². The quantitative estimate of drug-likeness (QED) is 0.669. The van der Waals surface area contributed by atoms with Gasteiger partial charge in [-0.25, -0.2) is 0 Å². The number of nitrogens with zero attached hydrogens (tertiary/aromatic N) is 1. The Kier molecular flexibility index (Phi) is 2.25. The van der Waals surface area contributed by atoms with Crippen molar-refractivity contribution >= 4 is 11.6 Å². The zero-order chi connectivity index (χ0) is 9.30. The second kappa shape index (κ2) is 3.04. The molecule has 0 saturated heterocycles. The number of nitriles is 1. The third-order valence-corrected chi connectivity index (χ3v) is 2.17. The van der Waals surface area contributed by atoms with Crippen LogP contribution in [0.25, 0.3) is 0 Å². The Morgan fingerprint density at radius 1 is 1.50 bits per heavy atom. The van der Waals surface area contributed by atoms with Crippen molar-refractivity contribution in [2.24, 2.45) is 0 Å². The molecule has 0 radical (unpaired) electrons. The Balaban J connectivity index is 3.56. The molecule has 0 aliphatic carbocycles. The molecule has 0 fully saturated rings. The van der Waals surface area contributed by atoms with Crippen LogP contribution in [0, 0.1) is 25.2 Å². The first-order valence-corrected chi connectivity index (χ1v) is 3.84. The number of phenols is 1. The van der Waals surface area contributed by atoms with Gasteiger partial charge < -0.3 is 5.11 Å². The second-order valence-corrected chi connectivity index (χ2v) is 3.04. The molecule has 0 bridgehead atoms.